The maximum atomic E-state index is 5.50. The van der Waals surface area contributed by atoms with Gasteiger partial charge in [0, 0.05) is 48.8 Å². The van der Waals surface area contributed by atoms with Crippen molar-refractivity contribution in [1.82, 2.24) is 15.6 Å². The Balaban J connectivity index is 1.26. The van der Waals surface area contributed by atoms with Crippen LogP contribution in [0.3, 0.4) is 0 Å². The fraction of sp³-hybridized carbons (Fsp3) is 0.375. The van der Waals surface area contributed by atoms with Gasteiger partial charge in [-0.25, -0.2) is 0 Å². The van der Waals surface area contributed by atoms with Crippen molar-refractivity contribution < 1.29 is 9.47 Å². The number of benzene rings is 2. The summed E-state index contributed by atoms with van der Waals surface area (Å²) in [7, 11) is 5.18. The molecule has 0 spiro atoms. The normalized spacial score (nSPS) is 18.3. The molecule has 2 aromatic carbocycles. The number of nitrogens with zero attached hydrogens (tertiary/aromatic N) is 1. The standard InChI is InChI=1S/C24H30N4O2/c1-25-24(28-22-15-19(22)16-8-5-4-6-9-16)26-11-7-10-17-12-20-21(27-17)13-18(29-2)14-23(20)30-3/h4-6,8-9,12-14,19,22,27H,7,10-11,15H2,1-3H3,(H2,25,26,28). The lowest BCUT2D eigenvalue weighted by atomic mass is 10.1. The Labute approximate surface area is 177 Å². The molecule has 1 aromatic heterocycles. The molecule has 158 valence electrons. The second-order valence-electron chi connectivity index (χ2n) is 7.69. The van der Waals surface area contributed by atoms with Crippen molar-refractivity contribution in [1.29, 1.82) is 0 Å². The second kappa shape index (κ2) is 9.11. The van der Waals surface area contributed by atoms with Gasteiger partial charge in [0.1, 0.15) is 11.5 Å². The molecule has 1 aliphatic carbocycles. The third kappa shape index (κ3) is 4.53. The minimum Gasteiger partial charge on any atom is -0.497 e. The summed E-state index contributed by atoms with van der Waals surface area (Å²) in [6.07, 6.45) is 3.10. The fourth-order valence-electron chi connectivity index (χ4n) is 3.94. The predicted molar refractivity (Wildman–Crippen MR) is 122 cm³/mol. The van der Waals surface area contributed by atoms with Crippen molar-refractivity contribution in [3.63, 3.8) is 0 Å². The molecular formula is C24H30N4O2. The highest BCUT2D eigenvalue weighted by Gasteiger charge is 2.38. The summed E-state index contributed by atoms with van der Waals surface area (Å²) in [4.78, 5) is 7.85. The lowest BCUT2D eigenvalue weighted by Gasteiger charge is -2.11. The number of methoxy groups -OCH3 is 2. The van der Waals surface area contributed by atoms with E-state index in [0.29, 0.717) is 12.0 Å². The molecule has 3 N–H and O–H groups in total. The highest BCUT2D eigenvalue weighted by atomic mass is 16.5. The summed E-state index contributed by atoms with van der Waals surface area (Å²) in [5.74, 6) is 3.08. The van der Waals surface area contributed by atoms with Crippen LogP contribution in [0.4, 0.5) is 0 Å². The van der Waals surface area contributed by atoms with E-state index in [-0.39, 0.29) is 0 Å². The minimum absolute atomic E-state index is 0.467. The fourth-order valence-corrected chi connectivity index (χ4v) is 3.94. The van der Waals surface area contributed by atoms with Crippen LogP contribution in [-0.2, 0) is 6.42 Å². The van der Waals surface area contributed by atoms with Crippen molar-refractivity contribution >= 4 is 16.9 Å². The molecule has 1 saturated carbocycles. The Morgan fingerprint density at radius 1 is 1.13 bits per heavy atom. The summed E-state index contributed by atoms with van der Waals surface area (Å²) in [6, 6.07) is 17.2. The van der Waals surface area contributed by atoms with Gasteiger partial charge in [-0.2, -0.15) is 0 Å². The minimum atomic E-state index is 0.467. The SMILES string of the molecule is CN=C(NCCCc1cc2c(OC)cc(OC)cc2[nH]1)NC1CC1c1ccccc1. The molecule has 4 rings (SSSR count). The molecule has 0 saturated heterocycles. The van der Waals surface area contributed by atoms with Gasteiger partial charge in [-0.1, -0.05) is 30.3 Å². The number of aromatic nitrogens is 1. The van der Waals surface area contributed by atoms with Crippen LogP contribution >= 0.6 is 0 Å². The number of hydrogen-bond donors (Lipinski definition) is 3. The van der Waals surface area contributed by atoms with Gasteiger partial charge >= 0.3 is 0 Å². The van der Waals surface area contributed by atoms with E-state index >= 15 is 0 Å². The van der Waals surface area contributed by atoms with E-state index in [1.54, 1.807) is 14.2 Å². The first-order valence-corrected chi connectivity index (χ1v) is 10.5. The van der Waals surface area contributed by atoms with Gasteiger partial charge in [0.15, 0.2) is 5.96 Å². The maximum Gasteiger partial charge on any atom is 0.191 e. The van der Waals surface area contributed by atoms with Crippen LogP contribution in [0.1, 0.15) is 30.0 Å². The van der Waals surface area contributed by atoms with Crippen molar-refractivity contribution in [2.45, 2.75) is 31.2 Å². The summed E-state index contributed by atoms with van der Waals surface area (Å²) < 4.78 is 10.9. The van der Waals surface area contributed by atoms with E-state index in [0.717, 1.165) is 54.2 Å². The summed E-state index contributed by atoms with van der Waals surface area (Å²) in [5, 5.41) is 8.06. The number of aromatic amines is 1. The number of ether oxygens (including phenoxy) is 2. The van der Waals surface area contributed by atoms with E-state index in [9.17, 15) is 0 Å². The van der Waals surface area contributed by atoms with Gasteiger partial charge in [-0.3, -0.25) is 4.99 Å². The molecule has 1 fully saturated rings. The molecular weight excluding hydrogens is 376 g/mol. The lowest BCUT2D eigenvalue weighted by molar-refractivity contribution is 0.398. The van der Waals surface area contributed by atoms with Crippen LogP contribution < -0.4 is 20.1 Å². The van der Waals surface area contributed by atoms with Gasteiger partial charge in [0.05, 0.1) is 19.7 Å². The Morgan fingerprint density at radius 3 is 2.70 bits per heavy atom. The molecule has 0 amide bonds. The molecule has 2 unspecified atom stereocenters. The zero-order valence-corrected chi connectivity index (χ0v) is 17.9. The maximum absolute atomic E-state index is 5.50. The smallest absolute Gasteiger partial charge is 0.191 e. The van der Waals surface area contributed by atoms with Crippen LogP contribution in [0, 0.1) is 0 Å². The zero-order chi connectivity index (χ0) is 20.9. The first-order chi connectivity index (χ1) is 14.7. The largest absolute Gasteiger partial charge is 0.497 e. The third-order valence-corrected chi connectivity index (χ3v) is 5.66. The van der Waals surface area contributed by atoms with Crippen LogP contribution in [0.2, 0.25) is 0 Å². The average Bonchev–Trinajstić information content (AvgIpc) is 3.43. The van der Waals surface area contributed by atoms with Crippen LogP contribution in [-0.4, -0.2) is 44.8 Å². The van der Waals surface area contributed by atoms with Gasteiger partial charge in [0.25, 0.3) is 0 Å². The number of hydrogen-bond acceptors (Lipinski definition) is 3. The van der Waals surface area contributed by atoms with Gasteiger partial charge in [-0.15, -0.1) is 0 Å². The highest BCUT2D eigenvalue weighted by Crippen LogP contribution is 2.40. The molecule has 1 heterocycles. The van der Waals surface area contributed by atoms with Gasteiger partial charge in [0.2, 0.25) is 0 Å². The quantitative estimate of drug-likeness (QED) is 0.302. The van der Waals surface area contributed by atoms with Crippen molar-refractivity contribution in [3.8, 4) is 11.5 Å². The van der Waals surface area contributed by atoms with E-state index in [1.165, 1.54) is 11.3 Å². The summed E-state index contributed by atoms with van der Waals surface area (Å²) in [6.45, 7) is 0.859. The molecule has 2 atom stereocenters. The predicted octanol–water partition coefficient (Wildman–Crippen LogP) is 3.84. The van der Waals surface area contributed by atoms with Crippen molar-refractivity contribution in [2.24, 2.45) is 4.99 Å². The van der Waals surface area contributed by atoms with Crippen molar-refractivity contribution in [2.75, 3.05) is 27.8 Å². The Bertz CT molecular complexity index is 1010. The molecule has 0 aliphatic heterocycles. The lowest BCUT2D eigenvalue weighted by Crippen LogP contribution is -2.39. The molecule has 6 heteroatoms. The molecule has 3 aromatic rings. The number of aliphatic imine (C=N–C) groups is 1. The molecule has 1 aliphatic rings. The summed E-state index contributed by atoms with van der Waals surface area (Å²) >= 11 is 0. The van der Waals surface area contributed by atoms with E-state index in [4.69, 9.17) is 9.47 Å². The number of fused-ring (bicyclic) bond motifs is 1. The van der Waals surface area contributed by atoms with Crippen LogP contribution in [0.25, 0.3) is 10.9 Å². The Hall–Kier alpha value is -3.15. The topological polar surface area (TPSA) is 70.7 Å². The van der Waals surface area contributed by atoms with Gasteiger partial charge < -0.3 is 25.1 Å². The first kappa shape index (κ1) is 20.1. The number of aryl methyl sites for hydroxylation is 1. The summed E-state index contributed by atoms with van der Waals surface area (Å²) in [5.41, 5.74) is 3.62. The van der Waals surface area contributed by atoms with E-state index < -0.39 is 0 Å². The highest BCUT2D eigenvalue weighted by molar-refractivity contribution is 5.88. The molecule has 6 nitrogen and oxygen atoms in total. The van der Waals surface area contributed by atoms with Crippen LogP contribution in [0.5, 0.6) is 11.5 Å². The Kier molecular flexibility index (Phi) is 6.12. The van der Waals surface area contributed by atoms with Gasteiger partial charge in [-0.05, 0) is 30.9 Å². The number of rotatable bonds is 8. The first-order valence-electron chi connectivity index (χ1n) is 10.5. The number of nitrogens with one attached hydrogen (secondary N) is 3. The molecule has 30 heavy (non-hydrogen) atoms. The molecule has 0 bridgehead atoms. The number of H-pyrrole nitrogens is 1. The monoisotopic (exact) mass is 406 g/mol. The second-order valence-corrected chi connectivity index (χ2v) is 7.69. The van der Waals surface area contributed by atoms with E-state index in [2.05, 4.69) is 57.0 Å². The third-order valence-electron chi connectivity index (χ3n) is 5.66. The van der Waals surface area contributed by atoms with Crippen molar-refractivity contribution in [3.05, 3.63) is 59.8 Å². The molecule has 0 radical (unpaired) electrons. The average molecular weight is 407 g/mol. The number of guanidine groups is 1. The Morgan fingerprint density at radius 2 is 1.97 bits per heavy atom. The zero-order valence-electron chi connectivity index (χ0n) is 17.9. The van der Waals surface area contributed by atoms with E-state index in [1.807, 2.05) is 19.2 Å². The van der Waals surface area contributed by atoms with Crippen LogP contribution in [0.15, 0.2) is 53.5 Å².